The van der Waals surface area contributed by atoms with Crippen LogP contribution in [-0.4, -0.2) is 35.5 Å². The molecule has 0 unspecified atom stereocenters. The third kappa shape index (κ3) is 3.82. The number of benzene rings is 1. The van der Waals surface area contributed by atoms with Crippen molar-refractivity contribution in [2.24, 2.45) is 5.92 Å². The van der Waals surface area contributed by atoms with E-state index in [0.717, 1.165) is 49.0 Å². The average molecular weight is 337 g/mol. The maximum absolute atomic E-state index is 11.4. The van der Waals surface area contributed by atoms with Gasteiger partial charge < -0.3 is 10.1 Å². The number of rotatable bonds is 5. The molecule has 2 aliphatic rings. The van der Waals surface area contributed by atoms with Crippen molar-refractivity contribution in [3.05, 3.63) is 53.2 Å². The number of anilines is 1. The second-order valence-corrected chi connectivity index (χ2v) is 7.03. The zero-order valence-electron chi connectivity index (χ0n) is 14.5. The molecular weight excluding hydrogens is 314 g/mol. The number of aryl methyl sites for hydroxylation is 1. The molecule has 0 spiro atoms. The van der Waals surface area contributed by atoms with Crippen LogP contribution in [-0.2, 0) is 17.8 Å². The highest BCUT2D eigenvalue weighted by molar-refractivity contribution is 5.81. The SMILES string of the molecule is Cc1cccc(NC[C@H]2CCN(Cc3ccc4c(c3)OC(=O)C4)C2)n1. The fourth-order valence-electron chi connectivity index (χ4n) is 3.62. The van der Waals surface area contributed by atoms with Gasteiger partial charge in [-0.15, -0.1) is 0 Å². The Morgan fingerprint density at radius 3 is 3.12 bits per heavy atom. The van der Waals surface area contributed by atoms with Crippen LogP contribution in [0.2, 0.25) is 0 Å². The second kappa shape index (κ2) is 6.84. The highest BCUT2D eigenvalue weighted by Gasteiger charge is 2.24. The van der Waals surface area contributed by atoms with Gasteiger partial charge in [0.2, 0.25) is 0 Å². The molecule has 1 fully saturated rings. The summed E-state index contributed by atoms with van der Waals surface area (Å²) >= 11 is 0. The summed E-state index contributed by atoms with van der Waals surface area (Å²) in [5.74, 6) is 2.18. The Morgan fingerprint density at radius 1 is 1.32 bits per heavy atom. The molecule has 4 rings (SSSR count). The van der Waals surface area contributed by atoms with E-state index < -0.39 is 0 Å². The van der Waals surface area contributed by atoms with E-state index in [2.05, 4.69) is 21.3 Å². The average Bonchev–Trinajstić information content (AvgIpc) is 3.18. The quantitative estimate of drug-likeness (QED) is 0.672. The molecule has 2 aromatic rings. The number of carbonyl (C=O) groups is 1. The summed E-state index contributed by atoms with van der Waals surface area (Å²) in [6.45, 7) is 6.05. The molecule has 3 heterocycles. The van der Waals surface area contributed by atoms with Crippen molar-refractivity contribution in [2.45, 2.75) is 26.3 Å². The molecule has 5 heteroatoms. The van der Waals surface area contributed by atoms with Crippen molar-refractivity contribution in [1.29, 1.82) is 0 Å². The molecule has 1 aromatic carbocycles. The molecule has 1 saturated heterocycles. The van der Waals surface area contributed by atoms with Gasteiger partial charge in [-0.1, -0.05) is 18.2 Å². The summed E-state index contributed by atoms with van der Waals surface area (Å²) in [5, 5.41) is 3.46. The number of hydrogen-bond acceptors (Lipinski definition) is 5. The van der Waals surface area contributed by atoms with E-state index >= 15 is 0 Å². The van der Waals surface area contributed by atoms with Crippen LogP contribution in [0.5, 0.6) is 5.75 Å². The van der Waals surface area contributed by atoms with E-state index in [1.807, 2.05) is 37.3 Å². The van der Waals surface area contributed by atoms with Crippen LogP contribution in [0.3, 0.4) is 0 Å². The molecule has 0 bridgehead atoms. The molecule has 2 aliphatic heterocycles. The highest BCUT2D eigenvalue weighted by Crippen LogP contribution is 2.28. The van der Waals surface area contributed by atoms with Crippen molar-refractivity contribution in [1.82, 2.24) is 9.88 Å². The van der Waals surface area contributed by atoms with Crippen LogP contribution in [0.1, 0.15) is 23.2 Å². The number of likely N-dealkylation sites (tertiary alicyclic amines) is 1. The molecule has 25 heavy (non-hydrogen) atoms. The lowest BCUT2D eigenvalue weighted by Gasteiger charge is -2.17. The third-order valence-corrected chi connectivity index (χ3v) is 4.93. The van der Waals surface area contributed by atoms with Gasteiger partial charge in [-0.25, -0.2) is 4.98 Å². The van der Waals surface area contributed by atoms with Crippen molar-refractivity contribution in [2.75, 3.05) is 25.0 Å². The number of hydrogen-bond donors (Lipinski definition) is 1. The summed E-state index contributed by atoms with van der Waals surface area (Å²) in [6, 6.07) is 12.2. The standard InChI is InChI=1S/C20H23N3O2/c1-14-3-2-4-19(22-14)21-11-16-7-8-23(13-16)12-15-5-6-17-10-20(24)25-18(17)9-15/h2-6,9,16H,7-8,10-13H2,1H3,(H,21,22)/t16-/m1/s1. The first kappa shape index (κ1) is 16.1. The molecule has 0 amide bonds. The zero-order chi connectivity index (χ0) is 17.2. The molecular formula is C20H23N3O2. The first-order chi connectivity index (χ1) is 12.2. The van der Waals surface area contributed by atoms with Crippen molar-refractivity contribution < 1.29 is 9.53 Å². The largest absolute Gasteiger partial charge is 0.426 e. The monoisotopic (exact) mass is 337 g/mol. The first-order valence-electron chi connectivity index (χ1n) is 8.88. The van der Waals surface area contributed by atoms with Gasteiger partial charge in [-0.3, -0.25) is 9.69 Å². The second-order valence-electron chi connectivity index (χ2n) is 7.03. The van der Waals surface area contributed by atoms with Crippen molar-refractivity contribution in [3.63, 3.8) is 0 Å². The number of nitrogens with zero attached hydrogens (tertiary/aromatic N) is 2. The summed E-state index contributed by atoms with van der Waals surface area (Å²) in [4.78, 5) is 18.3. The van der Waals surface area contributed by atoms with Crippen LogP contribution >= 0.6 is 0 Å². The summed E-state index contributed by atoms with van der Waals surface area (Å²) in [6.07, 6.45) is 1.60. The highest BCUT2D eigenvalue weighted by atomic mass is 16.5. The Bertz CT molecular complexity index is 790. The van der Waals surface area contributed by atoms with Gasteiger partial charge in [0.25, 0.3) is 0 Å². The number of fused-ring (bicyclic) bond motifs is 1. The van der Waals surface area contributed by atoms with E-state index in [4.69, 9.17) is 4.74 Å². The Balaban J connectivity index is 1.29. The summed E-state index contributed by atoms with van der Waals surface area (Å²) in [7, 11) is 0. The van der Waals surface area contributed by atoms with Crippen LogP contribution in [0.4, 0.5) is 5.82 Å². The van der Waals surface area contributed by atoms with Crippen LogP contribution in [0.15, 0.2) is 36.4 Å². The Kier molecular flexibility index (Phi) is 4.40. The molecule has 130 valence electrons. The molecule has 0 aliphatic carbocycles. The lowest BCUT2D eigenvalue weighted by molar-refractivity contribution is -0.131. The van der Waals surface area contributed by atoms with Gasteiger partial charge in [0.1, 0.15) is 11.6 Å². The van der Waals surface area contributed by atoms with Crippen LogP contribution in [0, 0.1) is 12.8 Å². The van der Waals surface area contributed by atoms with E-state index in [9.17, 15) is 4.79 Å². The van der Waals surface area contributed by atoms with Gasteiger partial charge in [0.05, 0.1) is 6.42 Å². The maximum Gasteiger partial charge on any atom is 0.315 e. The summed E-state index contributed by atoms with van der Waals surface area (Å²) in [5.41, 5.74) is 3.25. The molecule has 0 saturated carbocycles. The Hall–Kier alpha value is -2.40. The normalized spacial score (nSPS) is 19.7. The minimum atomic E-state index is -0.149. The topological polar surface area (TPSA) is 54.5 Å². The lowest BCUT2D eigenvalue weighted by atomic mass is 10.1. The molecule has 0 radical (unpaired) electrons. The minimum Gasteiger partial charge on any atom is -0.426 e. The molecule has 5 nitrogen and oxygen atoms in total. The van der Waals surface area contributed by atoms with Gasteiger partial charge in [-0.05, 0) is 49.6 Å². The fraction of sp³-hybridized carbons (Fsp3) is 0.400. The van der Waals surface area contributed by atoms with E-state index in [-0.39, 0.29) is 5.97 Å². The van der Waals surface area contributed by atoms with E-state index in [0.29, 0.717) is 12.3 Å². The number of esters is 1. The number of pyridine rings is 1. The number of carbonyl (C=O) groups excluding carboxylic acids is 1. The fourth-order valence-corrected chi connectivity index (χ4v) is 3.62. The predicted molar refractivity (Wildman–Crippen MR) is 96.6 cm³/mol. The Morgan fingerprint density at radius 2 is 2.24 bits per heavy atom. The van der Waals surface area contributed by atoms with Crippen molar-refractivity contribution in [3.8, 4) is 5.75 Å². The van der Waals surface area contributed by atoms with E-state index in [1.165, 1.54) is 12.0 Å². The van der Waals surface area contributed by atoms with E-state index in [1.54, 1.807) is 0 Å². The summed E-state index contributed by atoms with van der Waals surface area (Å²) < 4.78 is 5.26. The van der Waals surface area contributed by atoms with Crippen molar-refractivity contribution >= 4 is 11.8 Å². The predicted octanol–water partition coefficient (Wildman–Crippen LogP) is 2.79. The molecule has 1 aromatic heterocycles. The smallest absolute Gasteiger partial charge is 0.315 e. The number of nitrogens with one attached hydrogen (secondary N) is 1. The van der Waals surface area contributed by atoms with Gasteiger partial charge in [0, 0.05) is 30.9 Å². The number of aromatic nitrogens is 1. The van der Waals surface area contributed by atoms with Gasteiger partial charge >= 0.3 is 5.97 Å². The Labute approximate surface area is 148 Å². The zero-order valence-corrected chi connectivity index (χ0v) is 14.5. The first-order valence-corrected chi connectivity index (χ1v) is 8.88. The molecule has 1 atom stereocenters. The maximum atomic E-state index is 11.4. The minimum absolute atomic E-state index is 0.149. The number of ether oxygens (including phenoxy) is 1. The van der Waals surface area contributed by atoms with Crippen LogP contribution < -0.4 is 10.1 Å². The lowest BCUT2D eigenvalue weighted by Crippen LogP contribution is -2.22. The molecule has 1 N–H and O–H groups in total. The van der Waals surface area contributed by atoms with Crippen LogP contribution in [0.25, 0.3) is 0 Å². The van der Waals surface area contributed by atoms with Gasteiger partial charge in [0.15, 0.2) is 0 Å². The van der Waals surface area contributed by atoms with Gasteiger partial charge in [-0.2, -0.15) is 0 Å². The third-order valence-electron chi connectivity index (χ3n) is 4.93.